The van der Waals surface area contributed by atoms with Gasteiger partial charge in [-0.1, -0.05) is 60.2 Å². The predicted molar refractivity (Wildman–Crippen MR) is 107 cm³/mol. The fourth-order valence-electron chi connectivity index (χ4n) is 3.36. The molecule has 4 rings (SSSR count). The molecule has 0 saturated heterocycles. The second-order valence-electron chi connectivity index (χ2n) is 6.44. The molecular formula is C23H20N2O. The van der Waals surface area contributed by atoms with Gasteiger partial charge < -0.3 is 0 Å². The van der Waals surface area contributed by atoms with Crippen molar-refractivity contribution in [1.82, 2.24) is 4.68 Å². The number of hydrogen-bond donors (Lipinski definition) is 0. The number of para-hydroxylation sites is 1. The van der Waals surface area contributed by atoms with Crippen molar-refractivity contribution >= 4 is 22.5 Å². The van der Waals surface area contributed by atoms with E-state index in [1.54, 1.807) is 11.9 Å². The van der Waals surface area contributed by atoms with E-state index in [9.17, 15) is 4.79 Å². The number of aromatic nitrogens is 1. The normalized spacial score (nSPS) is 10.8. The zero-order valence-corrected chi connectivity index (χ0v) is 14.9. The topological polar surface area (TPSA) is 25.2 Å². The van der Waals surface area contributed by atoms with Gasteiger partial charge in [0.25, 0.3) is 0 Å². The van der Waals surface area contributed by atoms with Gasteiger partial charge in [-0.15, -0.1) is 0 Å². The van der Waals surface area contributed by atoms with Crippen LogP contribution in [0.3, 0.4) is 0 Å². The maximum absolute atomic E-state index is 12.6. The number of amides is 1. The Hall–Kier alpha value is -3.33. The van der Waals surface area contributed by atoms with Crippen molar-refractivity contribution in [2.75, 3.05) is 5.01 Å². The third kappa shape index (κ3) is 2.78. The summed E-state index contributed by atoms with van der Waals surface area (Å²) in [5, 5.41) is 2.85. The Morgan fingerprint density at radius 1 is 0.846 bits per heavy atom. The third-order valence-corrected chi connectivity index (χ3v) is 4.50. The number of carbonyl (C=O) groups excluding carboxylic acids is 1. The van der Waals surface area contributed by atoms with Gasteiger partial charge in [-0.2, -0.15) is 0 Å². The summed E-state index contributed by atoms with van der Waals surface area (Å²) >= 11 is 0. The van der Waals surface area contributed by atoms with Crippen LogP contribution in [0.4, 0.5) is 5.69 Å². The molecule has 0 aliphatic rings. The summed E-state index contributed by atoms with van der Waals surface area (Å²) in [4.78, 5) is 12.6. The molecule has 0 aliphatic heterocycles. The Kier molecular flexibility index (Phi) is 4.05. The molecule has 0 unspecified atom stereocenters. The molecule has 3 heteroatoms. The van der Waals surface area contributed by atoms with Crippen LogP contribution in [0.15, 0.2) is 84.9 Å². The first-order chi connectivity index (χ1) is 12.6. The highest BCUT2D eigenvalue weighted by molar-refractivity contribution is 5.96. The van der Waals surface area contributed by atoms with Gasteiger partial charge in [0.05, 0.1) is 16.9 Å². The molecule has 1 amide bonds. The Bertz CT molecular complexity index is 1070. The number of aryl methyl sites for hydroxylation is 1. The largest absolute Gasteiger partial charge is 0.273 e. The Labute approximate surface area is 153 Å². The van der Waals surface area contributed by atoms with Crippen LogP contribution >= 0.6 is 0 Å². The quantitative estimate of drug-likeness (QED) is 0.488. The number of benzene rings is 3. The Balaban J connectivity index is 2.04. The van der Waals surface area contributed by atoms with E-state index in [1.165, 1.54) is 5.56 Å². The van der Waals surface area contributed by atoms with Crippen molar-refractivity contribution in [2.24, 2.45) is 0 Å². The molecule has 0 atom stereocenters. The number of fused-ring (bicyclic) bond motifs is 1. The first-order valence-electron chi connectivity index (χ1n) is 8.69. The van der Waals surface area contributed by atoms with E-state index < -0.39 is 0 Å². The first kappa shape index (κ1) is 16.2. The maximum atomic E-state index is 12.6. The summed E-state index contributed by atoms with van der Waals surface area (Å²) in [6.45, 7) is 3.68. The summed E-state index contributed by atoms with van der Waals surface area (Å²) < 4.78 is 2.02. The van der Waals surface area contributed by atoms with Crippen molar-refractivity contribution in [3.05, 3.63) is 90.5 Å². The van der Waals surface area contributed by atoms with Gasteiger partial charge in [0, 0.05) is 17.9 Å². The predicted octanol–water partition coefficient (Wildman–Crippen LogP) is 5.43. The minimum atomic E-state index is -0.0357. The van der Waals surface area contributed by atoms with Crippen LogP contribution < -0.4 is 5.01 Å². The van der Waals surface area contributed by atoms with E-state index in [1.807, 2.05) is 53.2 Å². The molecule has 1 aromatic heterocycles. The summed E-state index contributed by atoms with van der Waals surface area (Å²) in [7, 11) is 0. The van der Waals surface area contributed by atoms with Crippen LogP contribution in [0, 0.1) is 6.92 Å². The molecule has 3 nitrogen and oxygen atoms in total. The van der Waals surface area contributed by atoms with E-state index >= 15 is 0 Å². The highest BCUT2D eigenvalue weighted by atomic mass is 16.2. The maximum Gasteiger partial charge on any atom is 0.243 e. The van der Waals surface area contributed by atoms with Crippen molar-refractivity contribution < 1.29 is 4.79 Å². The number of nitrogens with zero attached hydrogens (tertiary/aromatic N) is 2. The smallest absolute Gasteiger partial charge is 0.243 e. The van der Waals surface area contributed by atoms with Gasteiger partial charge in [-0.25, -0.2) is 9.69 Å². The Morgan fingerprint density at radius 3 is 2.15 bits per heavy atom. The molecule has 0 fully saturated rings. The third-order valence-electron chi connectivity index (χ3n) is 4.50. The fourth-order valence-corrected chi connectivity index (χ4v) is 3.36. The number of rotatable bonds is 3. The highest BCUT2D eigenvalue weighted by Gasteiger charge is 2.20. The van der Waals surface area contributed by atoms with Crippen LogP contribution in [-0.2, 0) is 4.79 Å². The molecule has 0 spiro atoms. The second kappa shape index (κ2) is 6.52. The van der Waals surface area contributed by atoms with Crippen molar-refractivity contribution in [2.45, 2.75) is 13.8 Å². The minimum Gasteiger partial charge on any atom is -0.273 e. The highest BCUT2D eigenvalue weighted by Crippen LogP contribution is 2.31. The minimum absolute atomic E-state index is 0.0357. The summed E-state index contributed by atoms with van der Waals surface area (Å²) in [6.07, 6.45) is 0. The van der Waals surface area contributed by atoms with E-state index in [-0.39, 0.29) is 5.91 Å². The molecule has 3 aromatic carbocycles. The fraction of sp³-hybridized carbons (Fsp3) is 0.0870. The first-order valence-corrected chi connectivity index (χ1v) is 8.69. The lowest BCUT2D eigenvalue weighted by atomic mass is 10.1. The van der Waals surface area contributed by atoms with Crippen LogP contribution in [0.5, 0.6) is 0 Å². The van der Waals surface area contributed by atoms with Crippen LogP contribution in [-0.4, -0.2) is 10.6 Å². The molecule has 26 heavy (non-hydrogen) atoms. The van der Waals surface area contributed by atoms with Crippen LogP contribution in [0.1, 0.15) is 12.5 Å². The molecule has 0 bridgehead atoms. The van der Waals surface area contributed by atoms with Crippen LogP contribution in [0.2, 0.25) is 0 Å². The zero-order valence-electron chi connectivity index (χ0n) is 14.9. The van der Waals surface area contributed by atoms with Gasteiger partial charge in [-0.3, -0.25) is 4.79 Å². The molecule has 1 heterocycles. The van der Waals surface area contributed by atoms with E-state index in [2.05, 4.69) is 43.3 Å². The molecule has 0 radical (unpaired) electrons. The summed E-state index contributed by atoms with van der Waals surface area (Å²) in [5.41, 5.74) is 5.11. The number of carbonyl (C=O) groups is 1. The van der Waals surface area contributed by atoms with Gasteiger partial charge in [-0.05, 0) is 37.3 Å². The second-order valence-corrected chi connectivity index (χ2v) is 6.44. The van der Waals surface area contributed by atoms with E-state index in [0.717, 1.165) is 27.8 Å². The molecular weight excluding hydrogens is 320 g/mol. The van der Waals surface area contributed by atoms with Crippen molar-refractivity contribution in [1.29, 1.82) is 0 Å². The molecule has 0 saturated carbocycles. The van der Waals surface area contributed by atoms with Gasteiger partial charge >= 0.3 is 0 Å². The molecule has 4 aromatic rings. The number of anilines is 1. The summed E-state index contributed by atoms with van der Waals surface area (Å²) in [5.74, 6) is -0.0357. The van der Waals surface area contributed by atoms with Gasteiger partial charge in [0.2, 0.25) is 5.91 Å². The van der Waals surface area contributed by atoms with Gasteiger partial charge in [0.15, 0.2) is 0 Å². The molecule has 0 N–H and O–H groups in total. The van der Waals surface area contributed by atoms with Crippen LogP contribution in [0.25, 0.3) is 22.2 Å². The van der Waals surface area contributed by atoms with E-state index in [0.29, 0.717) is 0 Å². The lowest BCUT2D eigenvalue weighted by Crippen LogP contribution is -2.34. The lowest BCUT2D eigenvalue weighted by Gasteiger charge is -2.26. The monoisotopic (exact) mass is 340 g/mol. The lowest BCUT2D eigenvalue weighted by molar-refractivity contribution is -0.117. The Morgan fingerprint density at radius 2 is 1.50 bits per heavy atom. The molecule has 0 aliphatic carbocycles. The van der Waals surface area contributed by atoms with Crippen molar-refractivity contribution in [3.63, 3.8) is 0 Å². The van der Waals surface area contributed by atoms with Crippen molar-refractivity contribution in [3.8, 4) is 11.3 Å². The summed E-state index contributed by atoms with van der Waals surface area (Å²) in [6, 6.07) is 28.4. The van der Waals surface area contributed by atoms with Gasteiger partial charge in [0.1, 0.15) is 0 Å². The zero-order chi connectivity index (χ0) is 18.1. The average Bonchev–Trinajstić information content (AvgIpc) is 3.01. The van der Waals surface area contributed by atoms with E-state index in [4.69, 9.17) is 0 Å². The average molecular weight is 340 g/mol. The molecule has 128 valence electrons. The number of hydrogen-bond acceptors (Lipinski definition) is 1. The SMILES string of the molecule is CC(=O)N(c1ccccc1)n1c(-c2ccccc2)cc2cc(C)ccc21. The standard InChI is InChI=1S/C23H20N2O/c1-17-13-14-22-20(15-17)16-23(19-9-5-3-6-10-19)25(22)24(18(2)26)21-11-7-4-8-12-21/h3-16H,1-2H3.